The lowest BCUT2D eigenvalue weighted by Crippen LogP contribution is -2.52. The van der Waals surface area contributed by atoms with Crippen molar-refractivity contribution in [2.75, 3.05) is 39.9 Å². The zero-order chi connectivity index (χ0) is 19.9. The third kappa shape index (κ3) is 5.75. The molecule has 0 saturated carbocycles. The predicted octanol–water partition coefficient (Wildman–Crippen LogP) is 1.46. The number of morpholine rings is 1. The van der Waals surface area contributed by atoms with Gasteiger partial charge < -0.3 is 10.1 Å². The molecule has 1 aliphatic heterocycles. The summed E-state index contributed by atoms with van der Waals surface area (Å²) in [6.45, 7) is 8.16. The van der Waals surface area contributed by atoms with Gasteiger partial charge in [-0.25, -0.2) is 13.1 Å². The van der Waals surface area contributed by atoms with Gasteiger partial charge in [0.2, 0.25) is 10.0 Å². The SMILES string of the molecule is CCC(CC)C(CNC(=O)c1ccc(S(=O)(=O)NC)cc1)N1CCOCC1. The Morgan fingerprint density at radius 3 is 2.26 bits per heavy atom. The van der Waals surface area contributed by atoms with Gasteiger partial charge in [0.1, 0.15) is 0 Å². The molecule has 1 fully saturated rings. The van der Waals surface area contributed by atoms with Crippen LogP contribution in [0.15, 0.2) is 29.2 Å². The zero-order valence-corrected chi connectivity index (χ0v) is 17.2. The van der Waals surface area contributed by atoms with Gasteiger partial charge in [-0.2, -0.15) is 0 Å². The second kappa shape index (κ2) is 10.2. The Hall–Kier alpha value is -1.48. The van der Waals surface area contributed by atoms with Gasteiger partial charge in [0.15, 0.2) is 0 Å². The molecule has 0 spiro atoms. The number of hydrogen-bond donors (Lipinski definition) is 2. The van der Waals surface area contributed by atoms with Gasteiger partial charge >= 0.3 is 0 Å². The minimum Gasteiger partial charge on any atom is -0.379 e. The van der Waals surface area contributed by atoms with Gasteiger partial charge in [0.05, 0.1) is 18.1 Å². The summed E-state index contributed by atoms with van der Waals surface area (Å²) >= 11 is 0. The second-order valence-electron chi connectivity index (χ2n) is 6.73. The van der Waals surface area contributed by atoms with E-state index in [2.05, 4.69) is 28.8 Å². The van der Waals surface area contributed by atoms with E-state index >= 15 is 0 Å². The van der Waals surface area contributed by atoms with Gasteiger partial charge in [0, 0.05) is 31.2 Å². The van der Waals surface area contributed by atoms with Crippen molar-refractivity contribution in [2.24, 2.45) is 5.92 Å². The molecule has 1 aromatic carbocycles. The Morgan fingerprint density at radius 1 is 1.15 bits per heavy atom. The summed E-state index contributed by atoms with van der Waals surface area (Å²) in [5.74, 6) is 0.319. The van der Waals surface area contributed by atoms with Crippen LogP contribution in [0.3, 0.4) is 0 Å². The van der Waals surface area contributed by atoms with Crippen molar-refractivity contribution in [1.82, 2.24) is 14.9 Å². The first-order valence-electron chi connectivity index (χ1n) is 9.56. The van der Waals surface area contributed by atoms with E-state index in [1.54, 1.807) is 12.1 Å². The topological polar surface area (TPSA) is 87.7 Å². The van der Waals surface area contributed by atoms with Crippen molar-refractivity contribution in [1.29, 1.82) is 0 Å². The first kappa shape index (κ1) is 21.8. The molecule has 1 unspecified atom stereocenters. The van der Waals surface area contributed by atoms with E-state index in [9.17, 15) is 13.2 Å². The highest BCUT2D eigenvalue weighted by Gasteiger charge is 2.27. The van der Waals surface area contributed by atoms with Crippen molar-refractivity contribution in [3.63, 3.8) is 0 Å². The minimum atomic E-state index is -3.50. The molecule has 152 valence electrons. The number of nitrogens with zero attached hydrogens (tertiary/aromatic N) is 1. The van der Waals surface area contributed by atoms with Gasteiger partial charge in [-0.3, -0.25) is 9.69 Å². The molecule has 2 N–H and O–H groups in total. The van der Waals surface area contributed by atoms with E-state index in [1.807, 2.05) is 0 Å². The van der Waals surface area contributed by atoms with Gasteiger partial charge in [-0.1, -0.05) is 26.7 Å². The average Bonchev–Trinajstić information content (AvgIpc) is 2.71. The Kier molecular flexibility index (Phi) is 8.22. The molecule has 1 heterocycles. The fourth-order valence-electron chi connectivity index (χ4n) is 3.54. The number of ether oxygens (including phenoxy) is 1. The van der Waals surface area contributed by atoms with Crippen LogP contribution >= 0.6 is 0 Å². The molecule has 1 atom stereocenters. The first-order chi connectivity index (χ1) is 12.9. The number of sulfonamides is 1. The fraction of sp³-hybridized carbons (Fsp3) is 0.632. The lowest BCUT2D eigenvalue weighted by molar-refractivity contribution is 0.00191. The molecule has 27 heavy (non-hydrogen) atoms. The third-order valence-corrected chi connectivity index (χ3v) is 6.71. The van der Waals surface area contributed by atoms with E-state index in [-0.39, 0.29) is 16.8 Å². The predicted molar refractivity (Wildman–Crippen MR) is 105 cm³/mol. The standard InChI is InChI=1S/C19H31N3O4S/c1-4-15(5-2)18(22-10-12-26-13-11-22)14-21-19(23)16-6-8-17(9-7-16)27(24,25)20-3/h6-9,15,18,20H,4-5,10-14H2,1-3H3,(H,21,23). The number of hydrogen-bond acceptors (Lipinski definition) is 5. The molecule has 0 aromatic heterocycles. The van der Waals surface area contributed by atoms with E-state index in [0.29, 0.717) is 18.0 Å². The molecule has 0 bridgehead atoms. The summed E-state index contributed by atoms with van der Waals surface area (Å²) in [4.78, 5) is 15.1. The van der Waals surface area contributed by atoms with Crippen LogP contribution in [0, 0.1) is 5.92 Å². The maximum absolute atomic E-state index is 12.5. The highest BCUT2D eigenvalue weighted by molar-refractivity contribution is 7.89. The molecular formula is C19H31N3O4S. The van der Waals surface area contributed by atoms with Crippen molar-refractivity contribution >= 4 is 15.9 Å². The molecular weight excluding hydrogens is 366 g/mol. The van der Waals surface area contributed by atoms with Crippen molar-refractivity contribution < 1.29 is 17.9 Å². The van der Waals surface area contributed by atoms with Crippen LogP contribution in [-0.2, 0) is 14.8 Å². The minimum absolute atomic E-state index is 0.143. The summed E-state index contributed by atoms with van der Waals surface area (Å²) in [7, 11) is -2.14. The maximum atomic E-state index is 12.5. The van der Waals surface area contributed by atoms with Crippen LogP contribution < -0.4 is 10.0 Å². The van der Waals surface area contributed by atoms with E-state index in [1.165, 1.54) is 19.2 Å². The molecule has 7 nitrogen and oxygen atoms in total. The molecule has 1 amide bonds. The number of carbonyl (C=O) groups is 1. The Balaban J connectivity index is 2.04. The smallest absolute Gasteiger partial charge is 0.251 e. The number of rotatable bonds is 9. The first-order valence-corrected chi connectivity index (χ1v) is 11.0. The van der Waals surface area contributed by atoms with Crippen molar-refractivity contribution in [2.45, 2.75) is 37.6 Å². The summed E-state index contributed by atoms with van der Waals surface area (Å²) in [5, 5.41) is 3.03. The van der Waals surface area contributed by atoms with Crippen LogP contribution in [0.25, 0.3) is 0 Å². The highest BCUT2D eigenvalue weighted by atomic mass is 32.2. The average molecular weight is 398 g/mol. The van der Waals surface area contributed by atoms with Crippen LogP contribution in [0.2, 0.25) is 0 Å². The Bertz CT molecular complexity index is 696. The maximum Gasteiger partial charge on any atom is 0.251 e. The number of carbonyl (C=O) groups excluding carboxylic acids is 1. The Morgan fingerprint density at radius 2 is 1.74 bits per heavy atom. The molecule has 1 aromatic rings. The van der Waals surface area contributed by atoms with E-state index < -0.39 is 10.0 Å². The Labute approximate surface area is 162 Å². The molecule has 0 aliphatic carbocycles. The van der Waals surface area contributed by atoms with E-state index in [4.69, 9.17) is 4.74 Å². The number of amides is 1. The molecule has 1 saturated heterocycles. The van der Waals surface area contributed by atoms with Crippen LogP contribution in [0.4, 0.5) is 0 Å². The number of benzene rings is 1. The summed E-state index contributed by atoms with van der Waals surface area (Å²) in [5.41, 5.74) is 0.454. The van der Waals surface area contributed by atoms with Crippen molar-refractivity contribution in [3.05, 3.63) is 29.8 Å². The van der Waals surface area contributed by atoms with Crippen molar-refractivity contribution in [3.8, 4) is 0 Å². The third-order valence-electron chi connectivity index (χ3n) is 5.27. The fourth-order valence-corrected chi connectivity index (χ4v) is 4.27. The second-order valence-corrected chi connectivity index (χ2v) is 8.62. The summed E-state index contributed by atoms with van der Waals surface area (Å²) in [6, 6.07) is 6.25. The van der Waals surface area contributed by atoms with Crippen LogP contribution in [-0.4, -0.2) is 65.2 Å². The summed E-state index contributed by atoms with van der Waals surface area (Å²) in [6.07, 6.45) is 2.12. The van der Waals surface area contributed by atoms with Crippen LogP contribution in [0.5, 0.6) is 0 Å². The lowest BCUT2D eigenvalue weighted by Gasteiger charge is -2.38. The van der Waals surface area contributed by atoms with Crippen LogP contribution in [0.1, 0.15) is 37.0 Å². The van der Waals surface area contributed by atoms with Gasteiger partial charge in [0.25, 0.3) is 5.91 Å². The quantitative estimate of drug-likeness (QED) is 0.659. The molecule has 0 radical (unpaired) electrons. The zero-order valence-electron chi connectivity index (χ0n) is 16.4. The molecule has 8 heteroatoms. The molecule has 2 rings (SSSR count). The molecule has 1 aliphatic rings. The largest absolute Gasteiger partial charge is 0.379 e. The van der Waals surface area contributed by atoms with Gasteiger partial charge in [-0.15, -0.1) is 0 Å². The van der Waals surface area contributed by atoms with E-state index in [0.717, 1.165) is 39.1 Å². The monoisotopic (exact) mass is 397 g/mol. The highest BCUT2D eigenvalue weighted by Crippen LogP contribution is 2.20. The summed E-state index contributed by atoms with van der Waals surface area (Å²) < 4.78 is 31.3. The van der Waals surface area contributed by atoms with Gasteiger partial charge in [-0.05, 0) is 37.2 Å². The lowest BCUT2D eigenvalue weighted by atomic mass is 9.92. The number of nitrogens with one attached hydrogen (secondary N) is 2. The normalized spacial score (nSPS) is 17.0.